The smallest absolute Gasteiger partial charge is 0.124 e. The minimum Gasteiger partial charge on any atom is -1.00 e. The van der Waals surface area contributed by atoms with E-state index >= 15 is 0 Å². The van der Waals surface area contributed by atoms with Crippen LogP contribution in [0, 0.1) is 24.2 Å². The number of thiophene rings is 1. The lowest BCUT2D eigenvalue weighted by molar-refractivity contribution is -0.00000664. The summed E-state index contributed by atoms with van der Waals surface area (Å²) in [7, 11) is 0. The summed E-state index contributed by atoms with van der Waals surface area (Å²) in [5.74, 6) is 1.53. The number of fused-ring (bicyclic) bond motifs is 4. The predicted octanol–water partition coefficient (Wildman–Crippen LogP) is 4.55. The van der Waals surface area contributed by atoms with Crippen molar-refractivity contribution in [3.63, 3.8) is 0 Å². The van der Waals surface area contributed by atoms with Crippen LogP contribution in [0.15, 0.2) is 24.3 Å². The minimum absolute atomic E-state index is 0. The molecule has 3 heteroatoms. The number of rotatable bonds is 1. The fraction of sp³-hybridized carbons (Fsp3) is 0.519. The molecule has 0 radical (unpaired) electrons. The number of pyridine rings is 1. The second-order valence-electron chi connectivity index (χ2n) is 10.6. The number of hydrogen-bond donors (Lipinski definition) is 0. The molecule has 2 heterocycles. The van der Waals surface area contributed by atoms with E-state index in [1.165, 1.54) is 64.7 Å². The SMILES string of the molecule is Cc1cccc(-c2c3c(nc4sc5c(c24)CCC(C)C5)CCC(C(C)(C)C)C3)c1.[Cl-]. The quantitative estimate of drug-likeness (QED) is 0.543. The lowest BCUT2D eigenvalue weighted by Crippen LogP contribution is -3.00. The van der Waals surface area contributed by atoms with Gasteiger partial charge in [-0.3, -0.25) is 0 Å². The zero-order valence-electron chi connectivity index (χ0n) is 18.9. The van der Waals surface area contributed by atoms with Crippen LogP contribution >= 0.6 is 11.3 Å². The van der Waals surface area contributed by atoms with Crippen molar-refractivity contribution in [1.82, 2.24) is 4.98 Å². The second-order valence-corrected chi connectivity index (χ2v) is 11.7. The van der Waals surface area contributed by atoms with E-state index in [-0.39, 0.29) is 12.4 Å². The molecule has 0 aliphatic heterocycles. The number of nitrogens with zero attached hydrogens (tertiary/aromatic N) is 1. The molecule has 0 spiro atoms. The highest BCUT2D eigenvalue weighted by Gasteiger charge is 2.33. The van der Waals surface area contributed by atoms with Gasteiger partial charge in [0.15, 0.2) is 0 Å². The standard InChI is InChI=1S/C27H33NS.ClH/c1-16-7-6-8-18(13-16)24-21-15-19(27(3,4)5)10-12-22(21)28-26-25(24)20-11-9-17(2)14-23(20)29-26;/h6-8,13,17,19H,9-12,14-15H2,1-5H3;1H/p-1. The van der Waals surface area contributed by atoms with Crippen molar-refractivity contribution in [2.75, 3.05) is 0 Å². The van der Waals surface area contributed by atoms with Gasteiger partial charge in [0.1, 0.15) is 4.83 Å². The van der Waals surface area contributed by atoms with Crippen LogP contribution in [0.1, 0.15) is 67.8 Å². The van der Waals surface area contributed by atoms with Gasteiger partial charge in [-0.1, -0.05) is 57.5 Å². The van der Waals surface area contributed by atoms with E-state index < -0.39 is 0 Å². The summed E-state index contributed by atoms with van der Waals surface area (Å²) >= 11 is 1.98. The highest BCUT2D eigenvalue weighted by molar-refractivity contribution is 7.19. The molecule has 1 aromatic carbocycles. The van der Waals surface area contributed by atoms with Crippen LogP contribution in [0.5, 0.6) is 0 Å². The Labute approximate surface area is 191 Å². The number of benzene rings is 1. The molecule has 2 aliphatic rings. The third kappa shape index (κ3) is 3.71. The average Bonchev–Trinajstić information content (AvgIpc) is 3.01. The number of aryl methyl sites for hydroxylation is 3. The molecule has 2 atom stereocenters. The Balaban J connectivity index is 0.00000218. The van der Waals surface area contributed by atoms with Crippen molar-refractivity contribution in [1.29, 1.82) is 0 Å². The molecule has 0 bridgehead atoms. The van der Waals surface area contributed by atoms with E-state index in [4.69, 9.17) is 4.98 Å². The largest absolute Gasteiger partial charge is 1.00 e. The molecular weight excluding hydrogens is 406 g/mol. The average molecular weight is 439 g/mol. The molecular formula is C27H33ClNS-. The zero-order valence-corrected chi connectivity index (χ0v) is 20.5. The molecule has 0 saturated heterocycles. The Kier molecular flexibility index (Phi) is 5.79. The maximum atomic E-state index is 5.29. The highest BCUT2D eigenvalue weighted by Crippen LogP contribution is 2.47. The van der Waals surface area contributed by atoms with Gasteiger partial charge in [0.05, 0.1) is 0 Å². The summed E-state index contributed by atoms with van der Waals surface area (Å²) in [6.07, 6.45) is 7.34. The summed E-state index contributed by atoms with van der Waals surface area (Å²) in [6.45, 7) is 11.9. The normalized spacial score (nSPS) is 21.1. The summed E-state index contributed by atoms with van der Waals surface area (Å²) < 4.78 is 0. The Morgan fingerprint density at radius 2 is 1.83 bits per heavy atom. The van der Waals surface area contributed by atoms with Gasteiger partial charge in [-0.25, -0.2) is 4.98 Å². The zero-order chi connectivity index (χ0) is 20.3. The van der Waals surface area contributed by atoms with Crippen molar-refractivity contribution in [2.24, 2.45) is 17.3 Å². The number of aromatic nitrogens is 1. The van der Waals surface area contributed by atoms with E-state index in [1.807, 2.05) is 11.3 Å². The van der Waals surface area contributed by atoms with Gasteiger partial charge in [0.2, 0.25) is 0 Å². The maximum Gasteiger partial charge on any atom is 0.124 e. The second kappa shape index (κ2) is 7.95. The van der Waals surface area contributed by atoms with Gasteiger partial charge in [0.25, 0.3) is 0 Å². The van der Waals surface area contributed by atoms with Gasteiger partial charge >= 0.3 is 0 Å². The van der Waals surface area contributed by atoms with E-state index in [1.54, 1.807) is 16.0 Å². The first-order valence-electron chi connectivity index (χ1n) is 11.3. The van der Waals surface area contributed by atoms with Crippen LogP contribution in [0.2, 0.25) is 0 Å². The summed E-state index contributed by atoms with van der Waals surface area (Å²) in [6, 6.07) is 9.18. The molecule has 160 valence electrons. The van der Waals surface area contributed by atoms with Crippen LogP contribution in [-0.4, -0.2) is 4.98 Å². The predicted molar refractivity (Wildman–Crippen MR) is 126 cm³/mol. The molecule has 3 aromatic rings. The molecule has 0 saturated carbocycles. The van der Waals surface area contributed by atoms with E-state index in [0.717, 1.165) is 18.3 Å². The lowest BCUT2D eigenvalue weighted by atomic mass is 9.70. The minimum atomic E-state index is 0. The molecule has 0 amide bonds. The number of halogens is 1. The molecule has 2 unspecified atom stereocenters. The van der Waals surface area contributed by atoms with Crippen molar-refractivity contribution >= 4 is 21.6 Å². The molecule has 0 N–H and O–H groups in total. The topological polar surface area (TPSA) is 12.9 Å². The third-order valence-electron chi connectivity index (χ3n) is 7.34. The van der Waals surface area contributed by atoms with Crippen LogP contribution in [0.3, 0.4) is 0 Å². The molecule has 1 nitrogen and oxygen atoms in total. The third-order valence-corrected chi connectivity index (χ3v) is 8.49. The van der Waals surface area contributed by atoms with Crippen LogP contribution in [0.25, 0.3) is 21.3 Å². The highest BCUT2D eigenvalue weighted by atomic mass is 35.5. The van der Waals surface area contributed by atoms with Gasteiger partial charge in [-0.05, 0) is 85.0 Å². The molecule has 30 heavy (non-hydrogen) atoms. The van der Waals surface area contributed by atoms with Crippen LogP contribution < -0.4 is 12.4 Å². The van der Waals surface area contributed by atoms with Gasteiger partial charge < -0.3 is 12.4 Å². The van der Waals surface area contributed by atoms with Gasteiger partial charge in [0, 0.05) is 16.0 Å². The maximum absolute atomic E-state index is 5.29. The van der Waals surface area contributed by atoms with Gasteiger partial charge in [-0.2, -0.15) is 0 Å². The molecule has 2 aromatic heterocycles. The van der Waals surface area contributed by atoms with E-state index in [9.17, 15) is 0 Å². The van der Waals surface area contributed by atoms with E-state index in [2.05, 4.69) is 58.9 Å². The van der Waals surface area contributed by atoms with Gasteiger partial charge in [-0.15, -0.1) is 11.3 Å². The Hall–Kier alpha value is -1.38. The Morgan fingerprint density at radius 1 is 1.03 bits per heavy atom. The molecule has 2 aliphatic carbocycles. The van der Waals surface area contributed by atoms with Crippen molar-refractivity contribution < 1.29 is 12.4 Å². The molecule has 5 rings (SSSR count). The van der Waals surface area contributed by atoms with Crippen LogP contribution in [0.4, 0.5) is 0 Å². The fourth-order valence-corrected chi connectivity index (χ4v) is 6.91. The first kappa shape index (κ1) is 21.8. The first-order valence-corrected chi connectivity index (χ1v) is 12.2. The van der Waals surface area contributed by atoms with Crippen molar-refractivity contribution in [3.8, 4) is 11.1 Å². The number of hydrogen-bond acceptors (Lipinski definition) is 2. The van der Waals surface area contributed by atoms with Crippen molar-refractivity contribution in [2.45, 2.75) is 73.1 Å². The summed E-state index contributed by atoms with van der Waals surface area (Å²) in [4.78, 5) is 8.20. The summed E-state index contributed by atoms with van der Waals surface area (Å²) in [5.41, 5.74) is 9.17. The Morgan fingerprint density at radius 3 is 2.57 bits per heavy atom. The fourth-order valence-electron chi connectivity index (χ4n) is 5.50. The lowest BCUT2D eigenvalue weighted by Gasteiger charge is -2.35. The monoisotopic (exact) mass is 438 g/mol. The first-order chi connectivity index (χ1) is 13.8. The van der Waals surface area contributed by atoms with Crippen molar-refractivity contribution in [3.05, 3.63) is 51.5 Å². The van der Waals surface area contributed by atoms with Crippen LogP contribution in [-0.2, 0) is 25.7 Å². The Bertz CT molecular complexity index is 1090. The summed E-state index contributed by atoms with van der Waals surface area (Å²) in [5, 5.41) is 1.50. The molecule has 0 fully saturated rings. The van der Waals surface area contributed by atoms with E-state index in [0.29, 0.717) is 5.41 Å².